The van der Waals surface area contributed by atoms with Gasteiger partial charge in [0.15, 0.2) is 5.69 Å². The number of hydrogen-bond donors (Lipinski definition) is 1. The van der Waals surface area contributed by atoms with Gasteiger partial charge in [0, 0.05) is 32.1 Å². The maximum Gasteiger partial charge on any atom is 0.274 e. The van der Waals surface area contributed by atoms with Crippen LogP contribution in [-0.2, 0) is 11.2 Å². The van der Waals surface area contributed by atoms with Crippen LogP contribution in [0.2, 0.25) is 0 Å². The molecule has 0 bridgehead atoms. The van der Waals surface area contributed by atoms with Crippen molar-refractivity contribution in [3.63, 3.8) is 0 Å². The van der Waals surface area contributed by atoms with Crippen molar-refractivity contribution in [2.45, 2.75) is 45.3 Å². The summed E-state index contributed by atoms with van der Waals surface area (Å²) >= 11 is 0. The zero-order chi connectivity index (χ0) is 15.7. The van der Waals surface area contributed by atoms with Crippen molar-refractivity contribution >= 4 is 5.91 Å². The van der Waals surface area contributed by atoms with E-state index < -0.39 is 0 Å². The number of likely N-dealkylation sites (N-methyl/N-ethyl adjacent to an activating group) is 1. The number of amides is 1. The number of ether oxygens (including phenoxy) is 1. The Hall–Kier alpha value is -1.40. The minimum absolute atomic E-state index is 0.0120. The summed E-state index contributed by atoms with van der Waals surface area (Å²) in [5.74, 6) is 0.0120. The second kappa shape index (κ2) is 6.38. The maximum atomic E-state index is 12.7. The van der Waals surface area contributed by atoms with Gasteiger partial charge < -0.3 is 14.5 Å². The van der Waals surface area contributed by atoms with Gasteiger partial charge in [0.1, 0.15) is 0 Å². The Balaban J connectivity index is 1.67. The summed E-state index contributed by atoms with van der Waals surface area (Å²) in [5, 5.41) is 7.27. The lowest BCUT2D eigenvalue weighted by Gasteiger charge is -2.26. The van der Waals surface area contributed by atoms with Crippen LogP contribution >= 0.6 is 0 Å². The van der Waals surface area contributed by atoms with Crippen LogP contribution in [0.15, 0.2) is 0 Å². The molecule has 0 spiro atoms. The van der Waals surface area contributed by atoms with Gasteiger partial charge >= 0.3 is 0 Å². The van der Waals surface area contributed by atoms with Gasteiger partial charge in [-0.25, -0.2) is 0 Å². The van der Waals surface area contributed by atoms with Crippen molar-refractivity contribution in [2.75, 3.05) is 33.2 Å². The average Bonchev–Trinajstić information content (AvgIpc) is 3.13. The van der Waals surface area contributed by atoms with Crippen LogP contribution in [0.25, 0.3) is 0 Å². The van der Waals surface area contributed by atoms with Crippen LogP contribution in [0.4, 0.5) is 0 Å². The van der Waals surface area contributed by atoms with E-state index in [0.29, 0.717) is 5.69 Å². The number of aromatic nitrogens is 2. The van der Waals surface area contributed by atoms with E-state index in [1.165, 1.54) is 12.8 Å². The number of likely N-dealkylation sites (tertiary alicyclic amines) is 1. The topological polar surface area (TPSA) is 61.5 Å². The highest BCUT2D eigenvalue weighted by molar-refractivity contribution is 5.94. The molecule has 22 heavy (non-hydrogen) atoms. The van der Waals surface area contributed by atoms with Gasteiger partial charge in [-0.2, -0.15) is 5.10 Å². The Morgan fingerprint density at radius 3 is 2.86 bits per heavy atom. The largest absolute Gasteiger partial charge is 0.369 e. The minimum Gasteiger partial charge on any atom is -0.369 e. The number of carbonyl (C=O) groups excluding carboxylic acids is 1. The lowest BCUT2D eigenvalue weighted by Crippen LogP contribution is -2.36. The molecule has 0 aromatic carbocycles. The van der Waals surface area contributed by atoms with Gasteiger partial charge in [0.2, 0.25) is 0 Å². The highest BCUT2D eigenvalue weighted by Gasteiger charge is 2.30. The summed E-state index contributed by atoms with van der Waals surface area (Å²) in [6, 6.07) is 0. The minimum atomic E-state index is -0.0253. The molecule has 2 aliphatic rings. The standard InChI is InChI=1S/C16H26N4O2/c1-11-10-13-14(12(2)22-11)17-18-15(13)16(21)19(3)8-9-20-6-4-5-7-20/h11-12H,4-10H2,1-3H3,(H,17,18)/t11-,12+/m1/s1. The number of fused-ring (bicyclic) bond motifs is 1. The molecule has 2 atom stereocenters. The predicted octanol–water partition coefficient (Wildman–Crippen LogP) is 1.60. The first-order valence-electron chi connectivity index (χ1n) is 8.26. The van der Waals surface area contributed by atoms with Gasteiger partial charge in [-0.15, -0.1) is 0 Å². The first-order chi connectivity index (χ1) is 10.6. The lowest BCUT2D eigenvalue weighted by molar-refractivity contribution is -0.00701. The van der Waals surface area contributed by atoms with Crippen LogP contribution in [0.3, 0.4) is 0 Å². The molecule has 0 radical (unpaired) electrons. The van der Waals surface area contributed by atoms with Gasteiger partial charge in [0.05, 0.1) is 17.9 Å². The molecule has 3 rings (SSSR count). The molecule has 1 N–H and O–H groups in total. The summed E-state index contributed by atoms with van der Waals surface area (Å²) in [6.45, 7) is 8.06. The van der Waals surface area contributed by atoms with E-state index in [9.17, 15) is 4.79 Å². The fourth-order valence-corrected chi connectivity index (χ4v) is 3.43. The monoisotopic (exact) mass is 306 g/mol. The van der Waals surface area contributed by atoms with Crippen LogP contribution < -0.4 is 0 Å². The molecule has 3 heterocycles. The summed E-state index contributed by atoms with van der Waals surface area (Å²) in [4.78, 5) is 16.9. The van der Waals surface area contributed by atoms with Gasteiger partial charge in [-0.05, 0) is 39.8 Å². The lowest BCUT2D eigenvalue weighted by atomic mass is 9.99. The molecule has 1 aromatic heterocycles. The Morgan fingerprint density at radius 1 is 1.41 bits per heavy atom. The van der Waals surface area contributed by atoms with E-state index in [-0.39, 0.29) is 18.1 Å². The number of nitrogens with one attached hydrogen (secondary N) is 1. The third-order valence-electron chi connectivity index (χ3n) is 4.73. The fourth-order valence-electron chi connectivity index (χ4n) is 3.43. The number of aromatic amines is 1. The Morgan fingerprint density at radius 2 is 2.14 bits per heavy atom. The second-order valence-corrected chi connectivity index (χ2v) is 6.53. The summed E-state index contributed by atoms with van der Waals surface area (Å²) < 4.78 is 5.78. The predicted molar refractivity (Wildman–Crippen MR) is 83.9 cm³/mol. The molecule has 1 fully saturated rings. The highest BCUT2D eigenvalue weighted by atomic mass is 16.5. The van der Waals surface area contributed by atoms with Crippen molar-refractivity contribution in [1.82, 2.24) is 20.0 Å². The molecule has 0 unspecified atom stereocenters. The van der Waals surface area contributed by atoms with E-state index >= 15 is 0 Å². The zero-order valence-electron chi connectivity index (χ0n) is 13.8. The van der Waals surface area contributed by atoms with E-state index in [0.717, 1.165) is 43.9 Å². The number of nitrogens with zero attached hydrogens (tertiary/aromatic N) is 3. The van der Waals surface area contributed by atoms with Crippen LogP contribution in [0, 0.1) is 0 Å². The average molecular weight is 306 g/mol. The van der Waals surface area contributed by atoms with Crippen molar-refractivity contribution in [1.29, 1.82) is 0 Å². The molecule has 6 nitrogen and oxygen atoms in total. The Labute approximate surface area is 131 Å². The van der Waals surface area contributed by atoms with Gasteiger partial charge in [0.25, 0.3) is 5.91 Å². The third-order valence-corrected chi connectivity index (χ3v) is 4.73. The van der Waals surface area contributed by atoms with Gasteiger partial charge in [-0.3, -0.25) is 9.89 Å². The van der Waals surface area contributed by atoms with Crippen LogP contribution in [-0.4, -0.2) is 65.2 Å². The third kappa shape index (κ3) is 3.03. The van der Waals surface area contributed by atoms with E-state index in [2.05, 4.69) is 15.1 Å². The molecule has 1 amide bonds. The van der Waals surface area contributed by atoms with Crippen LogP contribution in [0.5, 0.6) is 0 Å². The van der Waals surface area contributed by atoms with Crippen LogP contribution in [0.1, 0.15) is 54.5 Å². The number of carbonyl (C=O) groups is 1. The molecule has 0 saturated carbocycles. The molecule has 0 aliphatic carbocycles. The quantitative estimate of drug-likeness (QED) is 0.918. The first-order valence-corrected chi connectivity index (χ1v) is 8.26. The van der Waals surface area contributed by atoms with Crippen molar-refractivity contribution in [3.05, 3.63) is 17.0 Å². The Bertz CT molecular complexity index is 536. The first kappa shape index (κ1) is 15.5. The molecule has 6 heteroatoms. The Kier molecular flexibility index (Phi) is 4.49. The van der Waals surface area contributed by atoms with Crippen molar-refractivity contribution < 1.29 is 9.53 Å². The van der Waals surface area contributed by atoms with Crippen molar-refractivity contribution in [2.24, 2.45) is 0 Å². The molecule has 122 valence electrons. The fraction of sp³-hybridized carbons (Fsp3) is 0.750. The molecular weight excluding hydrogens is 280 g/mol. The molecule has 1 saturated heterocycles. The number of H-pyrrole nitrogens is 1. The van der Waals surface area contributed by atoms with Gasteiger partial charge in [-0.1, -0.05) is 0 Å². The zero-order valence-corrected chi connectivity index (χ0v) is 13.8. The van der Waals surface area contributed by atoms with E-state index in [4.69, 9.17) is 4.74 Å². The number of hydrogen-bond acceptors (Lipinski definition) is 4. The smallest absolute Gasteiger partial charge is 0.274 e. The van der Waals surface area contributed by atoms with Crippen molar-refractivity contribution in [3.8, 4) is 0 Å². The molecule has 2 aliphatic heterocycles. The highest BCUT2D eigenvalue weighted by Crippen LogP contribution is 2.30. The molecule has 1 aromatic rings. The summed E-state index contributed by atoms with van der Waals surface area (Å²) in [6.07, 6.45) is 3.40. The summed E-state index contributed by atoms with van der Waals surface area (Å²) in [5.41, 5.74) is 2.56. The normalized spacial score (nSPS) is 25.2. The number of rotatable bonds is 4. The second-order valence-electron chi connectivity index (χ2n) is 6.53. The van der Waals surface area contributed by atoms with E-state index in [1.54, 1.807) is 4.90 Å². The maximum absolute atomic E-state index is 12.7. The molecular formula is C16H26N4O2. The SMILES string of the molecule is C[C@@H]1Cc2c(C(=O)N(C)CCN3CCCC3)n[nH]c2[C@H](C)O1. The summed E-state index contributed by atoms with van der Waals surface area (Å²) in [7, 11) is 1.87. The van der Waals surface area contributed by atoms with E-state index in [1.807, 2.05) is 20.9 Å².